The second kappa shape index (κ2) is 5.04. The number of nitrogen functional groups attached to an aromatic ring is 1. The normalized spacial score (nSPS) is 25.6. The number of rotatable bonds is 3. The van der Waals surface area contributed by atoms with Crippen LogP contribution in [0.3, 0.4) is 0 Å². The first-order chi connectivity index (χ1) is 9.50. The molecule has 0 bridgehead atoms. The first-order valence-electron chi connectivity index (χ1n) is 7.31. The lowest BCUT2D eigenvalue weighted by molar-refractivity contribution is 0.288. The average molecular weight is 298 g/mol. The lowest BCUT2D eigenvalue weighted by Gasteiger charge is -2.28. The van der Waals surface area contributed by atoms with Crippen LogP contribution in [-0.2, 0) is 17.1 Å². The zero-order valence-electron chi connectivity index (χ0n) is 11.8. The highest BCUT2D eigenvalue weighted by molar-refractivity contribution is 7.89. The maximum absolute atomic E-state index is 12.8. The summed E-state index contributed by atoms with van der Waals surface area (Å²) < 4.78 is 28.8. The summed E-state index contributed by atoms with van der Waals surface area (Å²) >= 11 is 0. The van der Waals surface area contributed by atoms with E-state index >= 15 is 0 Å². The molecule has 3 rings (SSSR count). The van der Waals surface area contributed by atoms with Gasteiger partial charge in [-0.05, 0) is 31.6 Å². The van der Waals surface area contributed by atoms with Crippen molar-refractivity contribution in [2.45, 2.75) is 49.5 Å². The van der Waals surface area contributed by atoms with Crippen molar-refractivity contribution < 1.29 is 8.42 Å². The Kier molecular flexibility index (Phi) is 3.50. The first-order valence-corrected chi connectivity index (χ1v) is 8.75. The van der Waals surface area contributed by atoms with Crippen LogP contribution in [0, 0.1) is 5.92 Å². The van der Waals surface area contributed by atoms with Gasteiger partial charge in [0.05, 0.1) is 0 Å². The van der Waals surface area contributed by atoms with Gasteiger partial charge in [0.25, 0.3) is 0 Å². The molecule has 2 heterocycles. The minimum absolute atomic E-state index is 0.101. The fourth-order valence-electron chi connectivity index (χ4n) is 3.69. The van der Waals surface area contributed by atoms with Gasteiger partial charge in [-0.3, -0.25) is 4.68 Å². The second-order valence-corrected chi connectivity index (χ2v) is 7.78. The molecular formula is C13H22N4O2S. The summed E-state index contributed by atoms with van der Waals surface area (Å²) in [5.41, 5.74) is 5.76. The van der Waals surface area contributed by atoms with Gasteiger partial charge in [-0.25, -0.2) is 8.42 Å². The van der Waals surface area contributed by atoms with Crippen LogP contribution in [-0.4, -0.2) is 35.1 Å². The molecule has 0 spiro atoms. The third-order valence-corrected chi connectivity index (χ3v) is 6.54. The van der Waals surface area contributed by atoms with E-state index in [1.54, 1.807) is 11.4 Å². The number of anilines is 1. The smallest absolute Gasteiger partial charge is 0.248 e. The van der Waals surface area contributed by atoms with Crippen LogP contribution in [0.1, 0.15) is 38.5 Å². The Bertz CT molecular complexity index is 590. The fourth-order valence-corrected chi connectivity index (χ4v) is 5.53. The van der Waals surface area contributed by atoms with Crippen LogP contribution < -0.4 is 5.73 Å². The second-order valence-electron chi connectivity index (χ2n) is 5.92. The molecule has 7 heteroatoms. The van der Waals surface area contributed by atoms with Crippen LogP contribution in [0.4, 0.5) is 5.82 Å². The Labute approximate surface area is 120 Å². The molecule has 0 aromatic carbocycles. The molecule has 6 nitrogen and oxygen atoms in total. The molecule has 0 amide bonds. The zero-order chi connectivity index (χ0) is 14.3. The van der Waals surface area contributed by atoms with Crippen molar-refractivity contribution in [3.8, 4) is 0 Å². The molecule has 2 fully saturated rings. The molecule has 1 aliphatic heterocycles. The van der Waals surface area contributed by atoms with E-state index in [0.29, 0.717) is 12.5 Å². The number of nitrogens with two attached hydrogens (primary N) is 1. The summed E-state index contributed by atoms with van der Waals surface area (Å²) in [5.74, 6) is 0.620. The van der Waals surface area contributed by atoms with Gasteiger partial charge in [-0.15, -0.1) is 0 Å². The monoisotopic (exact) mass is 298 g/mol. The van der Waals surface area contributed by atoms with E-state index in [4.69, 9.17) is 5.73 Å². The van der Waals surface area contributed by atoms with Gasteiger partial charge >= 0.3 is 0 Å². The van der Waals surface area contributed by atoms with Crippen LogP contribution in [0.5, 0.6) is 0 Å². The zero-order valence-corrected chi connectivity index (χ0v) is 12.6. The molecule has 2 aliphatic rings. The van der Waals surface area contributed by atoms with Gasteiger partial charge in [0.15, 0.2) is 5.82 Å². The molecule has 112 valence electrons. The minimum Gasteiger partial charge on any atom is -0.381 e. The number of nitrogens with zero attached hydrogens (tertiary/aromatic N) is 3. The maximum atomic E-state index is 12.8. The van der Waals surface area contributed by atoms with E-state index < -0.39 is 10.0 Å². The van der Waals surface area contributed by atoms with Crippen molar-refractivity contribution >= 4 is 15.8 Å². The summed E-state index contributed by atoms with van der Waals surface area (Å²) in [6.07, 6.45) is 8.19. The highest BCUT2D eigenvalue weighted by Gasteiger charge is 2.41. The van der Waals surface area contributed by atoms with Gasteiger partial charge in [0.2, 0.25) is 10.0 Å². The molecule has 1 saturated heterocycles. The molecular weight excluding hydrogens is 276 g/mol. The van der Waals surface area contributed by atoms with Crippen LogP contribution in [0.15, 0.2) is 11.1 Å². The lowest BCUT2D eigenvalue weighted by atomic mass is 9.97. The Morgan fingerprint density at radius 3 is 2.55 bits per heavy atom. The van der Waals surface area contributed by atoms with E-state index in [1.807, 2.05) is 0 Å². The van der Waals surface area contributed by atoms with Crippen molar-refractivity contribution in [1.82, 2.24) is 14.1 Å². The van der Waals surface area contributed by atoms with Crippen LogP contribution in [0.25, 0.3) is 0 Å². The molecule has 20 heavy (non-hydrogen) atoms. The van der Waals surface area contributed by atoms with Gasteiger partial charge in [0.1, 0.15) is 4.90 Å². The summed E-state index contributed by atoms with van der Waals surface area (Å²) in [6.45, 7) is 0.609. The van der Waals surface area contributed by atoms with Crippen molar-refractivity contribution in [2.75, 3.05) is 12.3 Å². The summed E-state index contributed by atoms with van der Waals surface area (Å²) in [7, 11) is -1.82. The highest BCUT2D eigenvalue weighted by atomic mass is 32.2. The molecule has 0 radical (unpaired) electrons. The molecule has 1 unspecified atom stereocenters. The van der Waals surface area contributed by atoms with Crippen LogP contribution in [0.2, 0.25) is 0 Å². The number of sulfonamides is 1. The van der Waals surface area contributed by atoms with E-state index in [9.17, 15) is 8.42 Å². The molecule has 1 aromatic heterocycles. The highest BCUT2D eigenvalue weighted by Crippen LogP contribution is 2.38. The molecule has 1 saturated carbocycles. The minimum atomic E-state index is -3.51. The molecule has 1 atom stereocenters. The number of hydrogen-bond donors (Lipinski definition) is 1. The van der Waals surface area contributed by atoms with Crippen LogP contribution >= 0.6 is 0 Å². The molecule has 1 aromatic rings. The van der Waals surface area contributed by atoms with E-state index in [0.717, 1.165) is 25.7 Å². The number of hydrogen-bond acceptors (Lipinski definition) is 4. The summed E-state index contributed by atoms with van der Waals surface area (Å²) in [6, 6.07) is 0.155. The number of aromatic nitrogens is 2. The van der Waals surface area contributed by atoms with Gasteiger partial charge < -0.3 is 5.73 Å². The van der Waals surface area contributed by atoms with E-state index in [-0.39, 0.29) is 16.8 Å². The predicted molar refractivity (Wildman–Crippen MR) is 76.5 cm³/mol. The number of aryl methyl sites for hydroxylation is 1. The van der Waals surface area contributed by atoms with E-state index in [1.165, 1.54) is 23.7 Å². The van der Waals surface area contributed by atoms with Crippen molar-refractivity contribution in [2.24, 2.45) is 13.0 Å². The lowest BCUT2D eigenvalue weighted by Crippen LogP contribution is -2.39. The Morgan fingerprint density at radius 1 is 1.25 bits per heavy atom. The summed E-state index contributed by atoms with van der Waals surface area (Å²) in [4.78, 5) is 0.157. The quantitative estimate of drug-likeness (QED) is 0.913. The fraction of sp³-hybridized carbons (Fsp3) is 0.769. The maximum Gasteiger partial charge on any atom is 0.248 e. The van der Waals surface area contributed by atoms with Crippen molar-refractivity contribution in [3.05, 3.63) is 6.20 Å². The first kappa shape index (κ1) is 13.9. The Hall–Kier alpha value is -1.08. The molecule has 1 aliphatic carbocycles. The average Bonchev–Trinajstić information content (AvgIpc) is 3.06. The molecule has 2 N–H and O–H groups in total. The SMILES string of the molecule is Cn1cc(S(=O)(=O)N2CCCC2C2CCCC2)c(N)n1. The van der Waals surface area contributed by atoms with Gasteiger partial charge in [0, 0.05) is 25.8 Å². The standard InChI is InChI=1S/C13H22N4O2S/c1-16-9-12(13(14)15-16)20(18,19)17-8-4-7-11(17)10-5-2-3-6-10/h9-11H,2-8H2,1H3,(H2,14,15). The Morgan fingerprint density at radius 2 is 1.95 bits per heavy atom. The van der Waals surface area contributed by atoms with E-state index in [2.05, 4.69) is 5.10 Å². The topological polar surface area (TPSA) is 81.2 Å². The largest absolute Gasteiger partial charge is 0.381 e. The van der Waals surface area contributed by atoms with Gasteiger partial charge in [-0.1, -0.05) is 12.8 Å². The third kappa shape index (κ3) is 2.22. The third-order valence-electron chi connectivity index (χ3n) is 4.60. The van der Waals surface area contributed by atoms with Crippen molar-refractivity contribution in [1.29, 1.82) is 0 Å². The van der Waals surface area contributed by atoms with Gasteiger partial charge in [-0.2, -0.15) is 9.40 Å². The Balaban J connectivity index is 1.91. The summed E-state index contributed by atoms with van der Waals surface area (Å²) in [5, 5.41) is 3.96. The van der Waals surface area contributed by atoms with Crippen molar-refractivity contribution in [3.63, 3.8) is 0 Å². The predicted octanol–water partition coefficient (Wildman–Crippen LogP) is 1.35.